The van der Waals surface area contributed by atoms with Crippen LogP contribution >= 0.6 is 0 Å². The van der Waals surface area contributed by atoms with E-state index in [9.17, 15) is 19.8 Å². The van der Waals surface area contributed by atoms with Gasteiger partial charge in [0.1, 0.15) is 11.5 Å². The summed E-state index contributed by atoms with van der Waals surface area (Å²) in [6.45, 7) is 0. The molecule has 0 unspecified atom stereocenters. The second-order valence-electron chi connectivity index (χ2n) is 3.33. The highest BCUT2D eigenvalue weighted by Crippen LogP contribution is 2.30. The molecule has 0 aromatic rings. The summed E-state index contributed by atoms with van der Waals surface area (Å²) in [6, 6.07) is 0. The van der Waals surface area contributed by atoms with Crippen molar-refractivity contribution in [2.24, 2.45) is 5.92 Å². The Labute approximate surface area is 69.2 Å². The number of hydrogen-bond donors (Lipinski definition) is 1. The summed E-state index contributed by atoms with van der Waals surface area (Å²) < 4.78 is 0. The summed E-state index contributed by atoms with van der Waals surface area (Å²) in [5.41, 5.74) is 2.23. The van der Waals surface area contributed by atoms with Gasteiger partial charge in [0.2, 0.25) is 0 Å². The number of carboxylic acid groups (broad SMARTS) is 2. The molecule has 1 rings (SSSR count). The molecule has 0 saturated heterocycles. The monoisotopic (exact) mass is 172 g/mol. The number of carboxylic acids is 2. The van der Waals surface area contributed by atoms with E-state index in [0.717, 1.165) is 0 Å². The minimum atomic E-state index is -1.27. The maximum Gasteiger partial charge on any atom is 0.135 e. The van der Waals surface area contributed by atoms with Crippen LogP contribution < -0.4 is 15.9 Å². The summed E-state index contributed by atoms with van der Waals surface area (Å²) >= 11 is 0. The average molecular weight is 172 g/mol. The Morgan fingerprint density at radius 3 is 2.25 bits per heavy atom. The lowest BCUT2D eigenvalue weighted by Crippen LogP contribution is -2.78. The molecule has 68 valence electrons. The van der Waals surface area contributed by atoms with Gasteiger partial charge < -0.3 is 25.5 Å². The second-order valence-corrected chi connectivity index (χ2v) is 3.33. The van der Waals surface area contributed by atoms with Crippen LogP contribution in [0.25, 0.3) is 0 Å². The predicted molar refractivity (Wildman–Crippen MR) is 33.0 cm³/mol. The molecule has 5 nitrogen and oxygen atoms in total. The number of quaternary nitrogens is 1. The van der Waals surface area contributed by atoms with Crippen molar-refractivity contribution in [3.8, 4) is 0 Å². The fourth-order valence-corrected chi connectivity index (χ4v) is 1.51. The fourth-order valence-electron chi connectivity index (χ4n) is 1.51. The molecule has 1 aliphatic rings. The number of rotatable bonds is 2. The minimum absolute atomic E-state index is 0.0255. The van der Waals surface area contributed by atoms with Crippen LogP contribution in [0.4, 0.5) is 0 Å². The Bertz CT molecular complexity index is 227. The van der Waals surface area contributed by atoms with E-state index in [-0.39, 0.29) is 12.8 Å². The first kappa shape index (κ1) is 8.99. The molecule has 5 heteroatoms. The molecule has 0 heterocycles. The van der Waals surface area contributed by atoms with E-state index in [0.29, 0.717) is 6.42 Å². The van der Waals surface area contributed by atoms with Crippen molar-refractivity contribution in [3.05, 3.63) is 0 Å². The van der Waals surface area contributed by atoms with Crippen LogP contribution in [0.5, 0.6) is 0 Å². The molecule has 0 aromatic heterocycles. The maximum atomic E-state index is 10.5. The van der Waals surface area contributed by atoms with Crippen molar-refractivity contribution in [2.75, 3.05) is 0 Å². The number of carbonyl (C=O) groups excluding carboxylic acids is 2. The second kappa shape index (κ2) is 2.75. The Morgan fingerprint density at radius 1 is 1.42 bits per heavy atom. The van der Waals surface area contributed by atoms with Crippen LogP contribution in [-0.4, -0.2) is 17.5 Å². The van der Waals surface area contributed by atoms with Gasteiger partial charge in [0.25, 0.3) is 0 Å². The van der Waals surface area contributed by atoms with Crippen molar-refractivity contribution < 1.29 is 25.5 Å². The van der Waals surface area contributed by atoms with Crippen molar-refractivity contribution >= 4 is 11.9 Å². The van der Waals surface area contributed by atoms with E-state index < -0.39 is 23.4 Å². The first-order valence-electron chi connectivity index (χ1n) is 3.73. The molecular formula is C7H10NO4-. The van der Waals surface area contributed by atoms with Gasteiger partial charge in [0.15, 0.2) is 0 Å². The molecular weight excluding hydrogens is 162 g/mol. The third-order valence-electron chi connectivity index (χ3n) is 2.37. The molecule has 0 radical (unpaired) electrons. The van der Waals surface area contributed by atoms with Gasteiger partial charge in [-0.15, -0.1) is 0 Å². The average Bonchev–Trinajstić information content (AvgIpc) is 2.33. The zero-order chi connectivity index (χ0) is 9.35. The van der Waals surface area contributed by atoms with Crippen LogP contribution in [0.3, 0.4) is 0 Å². The summed E-state index contributed by atoms with van der Waals surface area (Å²) in [7, 11) is 0. The lowest BCUT2D eigenvalue weighted by atomic mass is 9.98. The predicted octanol–water partition coefficient (Wildman–Crippen LogP) is -3.73. The lowest BCUT2D eigenvalue weighted by Gasteiger charge is -2.21. The molecule has 1 aliphatic carbocycles. The third kappa shape index (κ3) is 1.40. The van der Waals surface area contributed by atoms with Gasteiger partial charge in [-0.05, 0) is 6.42 Å². The van der Waals surface area contributed by atoms with Crippen LogP contribution in [0, 0.1) is 5.92 Å². The molecule has 1 saturated carbocycles. The summed E-state index contributed by atoms with van der Waals surface area (Å²) in [4.78, 5) is 20.9. The lowest BCUT2D eigenvalue weighted by molar-refractivity contribution is -0.485. The molecule has 0 aromatic carbocycles. The Kier molecular flexibility index (Phi) is 2.06. The fraction of sp³-hybridized carbons (Fsp3) is 0.714. The third-order valence-corrected chi connectivity index (χ3v) is 2.37. The maximum absolute atomic E-state index is 10.5. The van der Waals surface area contributed by atoms with Gasteiger partial charge in [-0.3, -0.25) is 0 Å². The summed E-state index contributed by atoms with van der Waals surface area (Å²) in [6.07, 6.45) is 0.603. The van der Waals surface area contributed by atoms with Crippen molar-refractivity contribution in [1.29, 1.82) is 0 Å². The highest BCUT2D eigenvalue weighted by Gasteiger charge is 2.41. The number of carbonyl (C=O) groups is 2. The van der Waals surface area contributed by atoms with E-state index in [1.165, 1.54) is 0 Å². The van der Waals surface area contributed by atoms with Crippen LogP contribution in [0.1, 0.15) is 19.3 Å². The summed E-state index contributed by atoms with van der Waals surface area (Å²) in [5.74, 6) is -3.14. The number of hydrogen-bond acceptors (Lipinski definition) is 4. The molecule has 0 amide bonds. The van der Waals surface area contributed by atoms with E-state index in [2.05, 4.69) is 5.73 Å². The zero-order valence-electron chi connectivity index (χ0n) is 6.54. The van der Waals surface area contributed by atoms with Gasteiger partial charge in [-0.25, -0.2) is 0 Å². The molecule has 2 atom stereocenters. The quantitative estimate of drug-likeness (QED) is 0.461. The zero-order valence-corrected chi connectivity index (χ0v) is 6.54. The van der Waals surface area contributed by atoms with E-state index in [4.69, 9.17) is 0 Å². The van der Waals surface area contributed by atoms with Gasteiger partial charge in [0, 0.05) is 24.7 Å². The minimum Gasteiger partial charge on any atom is -0.550 e. The van der Waals surface area contributed by atoms with Crippen LogP contribution in [-0.2, 0) is 9.59 Å². The normalized spacial score (nSPS) is 34.9. The smallest absolute Gasteiger partial charge is 0.135 e. The SMILES string of the molecule is [NH3+][C@@]1(C(=O)[O-])CC[C@@H](C(=O)[O-])C1. The van der Waals surface area contributed by atoms with Crippen LogP contribution in [0.15, 0.2) is 0 Å². The van der Waals surface area contributed by atoms with E-state index >= 15 is 0 Å². The van der Waals surface area contributed by atoms with Crippen LogP contribution in [0.2, 0.25) is 0 Å². The van der Waals surface area contributed by atoms with Crippen molar-refractivity contribution in [1.82, 2.24) is 0 Å². The summed E-state index contributed by atoms with van der Waals surface area (Å²) in [5, 5.41) is 20.9. The number of aliphatic carboxylic acids is 2. The van der Waals surface area contributed by atoms with Crippen molar-refractivity contribution in [2.45, 2.75) is 24.8 Å². The molecule has 0 aliphatic heterocycles. The molecule has 0 spiro atoms. The van der Waals surface area contributed by atoms with Gasteiger partial charge in [0.05, 0.1) is 0 Å². The topological polar surface area (TPSA) is 108 Å². The molecule has 12 heavy (non-hydrogen) atoms. The Hall–Kier alpha value is -1.10. The first-order chi connectivity index (χ1) is 5.46. The largest absolute Gasteiger partial charge is 0.550 e. The van der Waals surface area contributed by atoms with Gasteiger partial charge in [-0.2, -0.15) is 0 Å². The Balaban J connectivity index is 2.67. The molecule has 1 fully saturated rings. The Morgan fingerprint density at radius 2 is 2.00 bits per heavy atom. The van der Waals surface area contributed by atoms with E-state index in [1.54, 1.807) is 0 Å². The standard InChI is InChI=1S/C7H11NO4/c8-7(6(11)12)2-1-4(3-7)5(9)10/h4H,1-3,8H2,(H,9,10)(H,11,12)/p-1/t4-,7+/m1/s1. The highest BCUT2D eigenvalue weighted by molar-refractivity contribution is 5.77. The van der Waals surface area contributed by atoms with Crippen molar-refractivity contribution in [3.63, 3.8) is 0 Å². The van der Waals surface area contributed by atoms with E-state index in [1.807, 2.05) is 0 Å². The molecule has 0 bridgehead atoms. The highest BCUT2D eigenvalue weighted by atomic mass is 16.4. The molecule has 3 N–H and O–H groups in total. The van der Waals surface area contributed by atoms with Gasteiger partial charge >= 0.3 is 0 Å². The van der Waals surface area contributed by atoms with Gasteiger partial charge in [-0.1, -0.05) is 0 Å². The first-order valence-corrected chi connectivity index (χ1v) is 3.73.